The fourth-order valence-corrected chi connectivity index (χ4v) is 4.32. The van der Waals surface area contributed by atoms with Gasteiger partial charge < -0.3 is 0 Å². The van der Waals surface area contributed by atoms with E-state index in [1.54, 1.807) is 48.5 Å². The first-order valence-corrected chi connectivity index (χ1v) is 11.0. The molecule has 0 bridgehead atoms. The Kier molecular flexibility index (Phi) is 5.32. The molecule has 5 heteroatoms. The van der Waals surface area contributed by atoms with E-state index in [0.29, 0.717) is 21.8 Å². The molecule has 0 saturated heterocycles. The van der Waals surface area contributed by atoms with Gasteiger partial charge in [-0.15, -0.1) is 11.3 Å². The lowest BCUT2D eigenvalue weighted by atomic mass is 9.98. The van der Waals surface area contributed by atoms with Crippen molar-refractivity contribution in [3.05, 3.63) is 119 Å². The molecule has 0 radical (unpaired) electrons. The molecule has 1 aromatic heterocycles. The third-order valence-corrected chi connectivity index (χ3v) is 5.98. The quantitative estimate of drug-likeness (QED) is 0.324. The van der Waals surface area contributed by atoms with Crippen LogP contribution in [-0.4, -0.2) is 16.7 Å². The van der Waals surface area contributed by atoms with Crippen LogP contribution in [0.25, 0.3) is 22.0 Å². The van der Waals surface area contributed by atoms with Crippen LogP contribution in [0.2, 0.25) is 0 Å². The Labute approximate surface area is 189 Å². The average Bonchev–Trinajstić information content (AvgIpc) is 3.32. The second kappa shape index (κ2) is 8.57. The molecular weight excluding hydrogens is 416 g/mol. The Morgan fingerprint density at radius 2 is 1.41 bits per heavy atom. The Bertz CT molecular complexity index is 1440. The van der Waals surface area contributed by atoms with Gasteiger partial charge in [0.15, 0.2) is 10.9 Å². The first kappa shape index (κ1) is 19.8. The van der Waals surface area contributed by atoms with E-state index in [0.717, 1.165) is 16.6 Å². The van der Waals surface area contributed by atoms with Crippen LogP contribution in [0.5, 0.6) is 0 Å². The lowest BCUT2D eigenvalue weighted by molar-refractivity contribution is 0.0996. The molecule has 4 nitrogen and oxygen atoms in total. The van der Waals surface area contributed by atoms with Crippen LogP contribution in [0.15, 0.2) is 102 Å². The largest absolute Gasteiger partial charge is 0.298 e. The van der Waals surface area contributed by atoms with Crippen molar-refractivity contribution in [3.63, 3.8) is 0 Å². The van der Waals surface area contributed by atoms with E-state index in [9.17, 15) is 9.59 Å². The van der Waals surface area contributed by atoms with Crippen LogP contribution in [-0.2, 0) is 0 Å². The van der Waals surface area contributed by atoms with Gasteiger partial charge in [0.05, 0.1) is 11.3 Å². The highest BCUT2D eigenvalue weighted by Crippen LogP contribution is 2.28. The van der Waals surface area contributed by atoms with Gasteiger partial charge in [0, 0.05) is 22.1 Å². The third-order valence-electron chi connectivity index (χ3n) is 5.22. The van der Waals surface area contributed by atoms with E-state index >= 15 is 0 Å². The Morgan fingerprint density at radius 3 is 2.22 bits per heavy atom. The summed E-state index contributed by atoms with van der Waals surface area (Å²) in [6.45, 7) is 0. The highest BCUT2D eigenvalue weighted by Gasteiger charge is 2.19. The molecule has 1 N–H and O–H groups in total. The summed E-state index contributed by atoms with van der Waals surface area (Å²) in [6.07, 6.45) is 0. The van der Waals surface area contributed by atoms with Gasteiger partial charge in [-0.25, -0.2) is 4.98 Å². The molecule has 0 aliphatic rings. The zero-order valence-corrected chi connectivity index (χ0v) is 17.8. The molecule has 0 aliphatic heterocycles. The maximum atomic E-state index is 13.0. The number of ketones is 1. The number of fused-ring (bicyclic) bond motifs is 1. The molecule has 0 saturated carbocycles. The number of carbonyl (C=O) groups is 2. The maximum absolute atomic E-state index is 13.0. The molecule has 0 spiro atoms. The molecule has 32 heavy (non-hydrogen) atoms. The summed E-state index contributed by atoms with van der Waals surface area (Å²) in [4.78, 5) is 30.5. The van der Waals surface area contributed by atoms with Crippen LogP contribution in [0.3, 0.4) is 0 Å². The molecule has 1 amide bonds. The lowest BCUT2D eigenvalue weighted by Crippen LogP contribution is -2.16. The summed E-state index contributed by atoms with van der Waals surface area (Å²) in [5.74, 6) is -0.545. The van der Waals surface area contributed by atoms with Crippen molar-refractivity contribution in [2.75, 3.05) is 5.32 Å². The van der Waals surface area contributed by atoms with Crippen LogP contribution in [0.4, 0.5) is 5.13 Å². The molecule has 0 unspecified atom stereocenters. The number of benzene rings is 4. The predicted octanol–water partition coefficient (Wildman–Crippen LogP) is 6.45. The van der Waals surface area contributed by atoms with Crippen molar-refractivity contribution in [3.8, 4) is 11.3 Å². The van der Waals surface area contributed by atoms with Crippen molar-refractivity contribution in [2.45, 2.75) is 0 Å². The minimum absolute atomic E-state index is 0.188. The number of carbonyl (C=O) groups excluding carboxylic acids is 2. The van der Waals surface area contributed by atoms with Crippen molar-refractivity contribution in [1.29, 1.82) is 0 Å². The van der Waals surface area contributed by atoms with E-state index in [4.69, 9.17) is 0 Å². The summed E-state index contributed by atoms with van der Waals surface area (Å²) in [7, 11) is 0. The molecule has 4 aromatic carbocycles. The van der Waals surface area contributed by atoms with Crippen molar-refractivity contribution in [2.24, 2.45) is 0 Å². The summed E-state index contributed by atoms with van der Waals surface area (Å²) >= 11 is 1.36. The van der Waals surface area contributed by atoms with Gasteiger partial charge in [-0.1, -0.05) is 84.9 Å². The van der Waals surface area contributed by atoms with Crippen LogP contribution in [0.1, 0.15) is 26.3 Å². The molecule has 154 valence electrons. The fraction of sp³-hybridized carbons (Fsp3) is 0. The average molecular weight is 435 g/mol. The summed E-state index contributed by atoms with van der Waals surface area (Å²) < 4.78 is 0. The van der Waals surface area contributed by atoms with Gasteiger partial charge in [0.1, 0.15) is 0 Å². The van der Waals surface area contributed by atoms with E-state index in [1.165, 1.54) is 16.7 Å². The number of thiazole rings is 1. The normalized spacial score (nSPS) is 10.8. The summed E-state index contributed by atoms with van der Waals surface area (Å²) in [6, 6.07) is 30.1. The molecule has 0 fully saturated rings. The second-order valence-corrected chi connectivity index (χ2v) is 8.15. The number of hydrogen-bond donors (Lipinski definition) is 1. The van der Waals surface area contributed by atoms with Crippen molar-refractivity contribution >= 4 is 38.9 Å². The van der Waals surface area contributed by atoms with E-state index < -0.39 is 0 Å². The van der Waals surface area contributed by atoms with Gasteiger partial charge in [-0.05, 0) is 22.9 Å². The topological polar surface area (TPSA) is 59.1 Å². The minimum Gasteiger partial charge on any atom is -0.298 e. The van der Waals surface area contributed by atoms with Gasteiger partial charge in [-0.2, -0.15) is 0 Å². The van der Waals surface area contributed by atoms with Gasteiger partial charge >= 0.3 is 0 Å². The van der Waals surface area contributed by atoms with E-state index in [1.807, 2.05) is 29.6 Å². The zero-order valence-electron chi connectivity index (χ0n) is 17.0. The number of nitrogens with zero attached hydrogens (tertiary/aromatic N) is 1. The van der Waals surface area contributed by atoms with E-state index in [2.05, 4.69) is 34.6 Å². The number of rotatable bonds is 5. The van der Waals surface area contributed by atoms with Gasteiger partial charge in [0.2, 0.25) is 0 Å². The smallest absolute Gasteiger partial charge is 0.258 e. The third kappa shape index (κ3) is 3.94. The Balaban J connectivity index is 1.39. The standard InChI is InChI=1S/C27H18N2O2S/c30-25(19-9-2-1-3-10-19)22-12-6-7-13-23(22)26(31)29-27-28-24(17-32-27)21-15-14-18-8-4-5-11-20(18)16-21/h1-17H,(H,28,29,31). The summed E-state index contributed by atoms with van der Waals surface area (Å²) in [5.41, 5.74) is 3.01. The first-order chi connectivity index (χ1) is 15.7. The Hall–Kier alpha value is -4.09. The highest BCUT2D eigenvalue weighted by atomic mass is 32.1. The Morgan fingerprint density at radius 1 is 0.719 bits per heavy atom. The number of hydrogen-bond acceptors (Lipinski definition) is 4. The fourth-order valence-electron chi connectivity index (χ4n) is 3.60. The molecule has 0 atom stereocenters. The van der Waals surface area contributed by atoms with Crippen LogP contribution < -0.4 is 5.32 Å². The van der Waals surface area contributed by atoms with Crippen LogP contribution in [0, 0.1) is 0 Å². The molecule has 0 aliphatic carbocycles. The van der Waals surface area contributed by atoms with Gasteiger partial charge in [-0.3, -0.25) is 14.9 Å². The predicted molar refractivity (Wildman–Crippen MR) is 129 cm³/mol. The zero-order chi connectivity index (χ0) is 21.9. The van der Waals surface area contributed by atoms with Gasteiger partial charge in [0.25, 0.3) is 5.91 Å². The molecule has 5 rings (SSSR count). The second-order valence-electron chi connectivity index (χ2n) is 7.29. The molecule has 5 aromatic rings. The monoisotopic (exact) mass is 434 g/mol. The minimum atomic E-state index is -0.357. The highest BCUT2D eigenvalue weighted by molar-refractivity contribution is 7.14. The first-order valence-electron chi connectivity index (χ1n) is 10.1. The number of anilines is 1. The van der Waals surface area contributed by atoms with Crippen molar-refractivity contribution < 1.29 is 9.59 Å². The maximum Gasteiger partial charge on any atom is 0.258 e. The number of amides is 1. The lowest BCUT2D eigenvalue weighted by Gasteiger charge is -2.08. The van der Waals surface area contributed by atoms with E-state index in [-0.39, 0.29) is 11.7 Å². The molecule has 1 heterocycles. The number of aromatic nitrogens is 1. The number of nitrogens with one attached hydrogen (secondary N) is 1. The van der Waals surface area contributed by atoms with Crippen molar-refractivity contribution in [1.82, 2.24) is 4.98 Å². The molecular formula is C27H18N2O2S. The summed E-state index contributed by atoms with van der Waals surface area (Å²) in [5, 5.41) is 7.55. The van der Waals surface area contributed by atoms with Crippen LogP contribution >= 0.6 is 11.3 Å². The SMILES string of the molecule is O=C(Nc1nc(-c2ccc3ccccc3c2)cs1)c1ccccc1C(=O)c1ccccc1.